The fourth-order valence-corrected chi connectivity index (χ4v) is 2.45. The highest BCUT2D eigenvalue weighted by atomic mass is 19.3. The largest absolute Gasteiger partial charge is 0.435 e. The van der Waals surface area contributed by atoms with E-state index in [2.05, 4.69) is 10.1 Å². The average Bonchev–Trinajstić information content (AvgIpc) is 2.53. The van der Waals surface area contributed by atoms with Crippen molar-refractivity contribution in [3.05, 3.63) is 54.1 Å². The molecule has 0 unspecified atom stereocenters. The number of nitrogens with zero attached hydrogens (tertiary/aromatic N) is 1. The lowest BCUT2D eigenvalue weighted by Gasteiger charge is -2.36. The average molecular weight is 334 g/mol. The van der Waals surface area contributed by atoms with E-state index in [0.717, 1.165) is 0 Å². The number of hydrogen-bond acceptors (Lipinski definition) is 4. The quantitative estimate of drug-likeness (QED) is 0.883. The molecule has 1 amide bonds. The van der Waals surface area contributed by atoms with Crippen LogP contribution in [0.3, 0.4) is 0 Å². The lowest BCUT2D eigenvalue weighted by molar-refractivity contribution is -0.0498. The molecule has 5 nitrogen and oxygen atoms in total. The first-order valence-electron chi connectivity index (χ1n) is 7.41. The van der Waals surface area contributed by atoms with Crippen molar-refractivity contribution >= 4 is 17.3 Å². The number of nitrogens with one attached hydrogen (secondary N) is 1. The maximum absolute atomic E-state index is 12.4. The molecule has 1 saturated heterocycles. The van der Waals surface area contributed by atoms with Crippen LogP contribution >= 0.6 is 0 Å². The number of ether oxygens (including phenoxy) is 1. The van der Waals surface area contributed by atoms with Crippen LogP contribution in [0.1, 0.15) is 10.4 Å². The van der Waals surface area contributed by atoms with Crippen LogP contribution in [0.5, 0.6) is 5.75 Å². The maximum Gasteiger partial charge on any atom is 0.387 e. The first-order valence-corrected chi connectivity index (χ1v) is 7.41. The van der Waals surface area contributed by atoms with E-state index in [9.17, 15) is 18.7 Å². The third-order valence-corrected chi connectivity index (χ3v) is 3.67. The molecular weight excluding hydrogens is 318 g/mol. The minimum Gasteiger partial charge on any atom is -0.435 e. The molecule has 0 aliphatic carbocycles. The minimum absolute atomic E-state index is 0.0643. The number of rotatable bonds is 5. The van der Waals surface area contributed by atoms with Crippen molar-refractivity contribution in [2.24, 2.45) is 0 Å². The van der Waals surface area contributed by atoms with Crippen LogP contribution in [-0.2, 0) is 0 Å². The van der Waals surface area contributed by atoms with E-state index in [4.69, 9.17) is 0 Å². The molecule has 24 heavy (non-hydrogen) atoms. The van der Waals surface area contributed by atoms with Gasteiger partial charge in [-0.25, -0.2) is 0 Å². The molecule has 1 aliphatic heterocycles. The highest BCUT2D eigenvalue weighted by molar-refractivity contribution is 6.00. The van der Waals surface area contributed by atoms with Crippen molar-refractivity contribution in [1.29, 1.82) is 0 Å². The van der Waals surface area contributed by atoms with Crippen molar-refractivity contribution in [1.82, 2.24) is 4.90 Å². The molecule has 2 aromatic rings. The van der Waals surface area contributed by atoms with E-state index >= 15 is 0 Å². The number of benzene rings is 2. The smallest absolute Gasteiger partial charge is 0.387 e. The number of carbonyl (C=O) groups is 1. The van der Waals surface area contributed by atoms with Gasteiger partial charge in [0, 0.05) is 18.8 Å². The number of para-hydroxylation sites is 1. The summed E-state index contributed by atoms with van der Waals surface area (Å²) in [5.74, 6) is -0.101. The SMILES string of the molecule is O=C(c1ccccc1Nc1ccc(OC(F)F)cc1)N1CC(O)C1. The van der Waals surface area contributed by atoms with Crippen molar-refractivity contribution in [2.45, 2.75) is 12.7 Å². The Morgan fingerprint density at radius 2 is 1.83 bits per heavy atom. The number of likely N-dealkylation sites (tertiary alicyclic amines) is 1. The van der Waals surface area contributed by atoms with Gasteiger partial charge in [0.2, 0.25) is 0 Å². The summed E-state index contributed by atoms with van der Waals surface area (Å²) < 4.78 is 28.6. The van der Waals surface area contributed by atoms with Gasteiger partial charge in [-0.2, -0.15) is 8.78 Å². The summed E-state index contributed by atoms with van der Waals surface area (Å²) in [6.07, 6.45) is -0.462. The van der Waals surface area contributed by atoms with E-state index < -0.39 is 12.7 Å². The number of amides is 1. The van der Waals surface area contributed by atoms with Crippen LogP contribution in [0, 0.1) is 0 Å². The molecule has 0 bridgehead atoms. The zero-order valence-corrected chi connectivity index (χ0v) is 12.7. The van der Waals surface area contributed by atoms with Crippen molar-refractivity contribution in [3.63, 3.8) is 0 Å². The topological polar surface area (TPSA) is 61.8 Å². The molecular formula is C17H16F2N2O3. The molecule has 2 N–H and O–H groups in total. The zero-order chi connectivity index (χ0) is 17.1. The second-order valence-corrected chi connectivity index (χ2v) is 5.44. The molecule has 0 spiro atoms. The number of β-amino-alcohol motifs (C(OH)–C–C–N with tert-alkyl or cyclic N) is 1. The Morgan fingerprint density at radius 3 is 2.46 bits per heavy atom. The minimum atomic E-state index is -2.87. The summed E-state index contributed by atoms with van der Waals surface area (Å²) in [7, 11) is 0. The van der Waals surface area contributed by atoms with Gasteiger partial charge < -0.3 is 20.1 Å². The predicted molar refractivity (Wildman–Crippen MR) is 84.7 cm³/mol. The van der Waals surface area contributed by atoms with Crippen LogP contribution in [-0.4, -0.2) is 41.7 Å². The fourth-order valence-electron chi connectivity index (χ4n) is 2.45. The first kappa shape index (κ1) is 16.2. The molecule has 126 valence electrons. The van der Waals surface area contributed by atoms with Crippen LogP contribution in [0.25, 0.3) is 0 Å². The third-order valence-electron chi connectivity index (χ3n) is 3.67. The van der Waals surface area contributed by atoms with Gasteiger partial charge in [-0.15, -0.1) is 0 Å². The van der Waals surface area contributed by atoms with Crippen molar-refractivity contribution in [2.75, 3.05) is 18.4 Å². The lowest BCUT2D eigenvalue weighted by atomic mass is 10.1. The lowest BCUT2D eigenvalue weighted by Crippen LogP contribution is -2.53. The monoisotopic (exact) mass is 334 g/mol. The highest BCUT2D eigenvalue weighted by Gasteiger charge is 2.30. The molecule has 3 rings (SSSR count). The summed E-state index contributed by atoms with van der Waals surface area (Å²) in [6, 6.07) is 13.0. The Morgan fingerprint density at radius 1 is 1.17 bits per heavy atom. The normalized spacial score (nSPS) is 14.4. The van der Waals surface area contributed by atoms with Crippen LogP contribution in [0.15, 0.2) is 48.5 Å². The third kappa shape index (κ3) is 3.62. The van der Waals surface area contributed by atoms with Gasteiger partial charge in [0.05, 0.1) is 17.4 Å². The van der Waals surface area contributed by atoms with Gasteiger partial charge in [-0.05, 0) is 36.4 Å². The molecule has 2 aromatic carbocycles. The number of hydrogen-bond donors (Lipinski definition) is 2. The molecule has 1 heterocycles. The van der Waals surface area contributed by atoms with E-state index in [1.807, 2.05) is 0 Å². The zero-order valence-electron chi connectivity index (χ0n) is 12.7. The fraction of sp³-hybridized carbons (Fsp3) is 0.235. The van der Waals surface area contributed by atoms with Gasteiger partial charge in [-0.1, -0.05) is 12.1 Å². The van der Waals surface area contributed by atoms with Crippen molar-refractivity contribution < 1.29 is 23.4 Å². The Balaban J connectivity index is 1.74. The predicted octanol–water partition coefficient (Wildman–Crippen LogP) is 2.85. The molecule has 1 fully saturated rings. The number of aliphatic hydroxyl groups is 1. The standard InChI is InChI=1S/C17H16F2N2O3/c18-17(19)24-13-7-5-11(6-8-13)20-15-4-2-1-3-14(15)16(23)21-9-12(22)10-21/h1-8,12,17,20,22H,9-10H2. The second kappa shape index (κ2) is 6.84. The maximum atomic E-state index is 12.4. The molecule has 0 atom stereocenters. The Kier molecular flexibility index (Phi) is 4.61. The summed E-state index contributed by atoms with van der Waals surface area (Å²) >= 11 is 0. The van der Waals surface area contributed by atoms with E-state index in [1.54, 1.807) is 41.3 Å². The summed E-state index contributed by atoms with van der Waals surface area (Å²) in [6.45, 7) is -2.21. The number of aliphatic hydroxyl groups excluding tert-OH is 1. The molecule has 1 aliphatic rings. The first-order chi connectivity index (χ1) is 11.5. The van der Waals surface area contributed by atoms with Gasteiger partial charge in [0.15, 0.2) is 0 Å². The second-order valence-electron chi connectivity index (χ2n) is 5.44. The summed E-state index contributed by atoms with van der Waals surface area (Å²) in [4.78, 5) is 14.0. The Bertz CT molecular complexity index is 716. The van der Waals surface area contributed by atoms with Gasteiger partial charge in [0.1, 0.15) is 5.75 Å². The van der Waals surface area contributed by atoms with E-state index in [1.165, 1.54) is 12.1 Å². The van der Waals surface area contributed by atoms with Crippen molar-refractivity contribution in [3.8, 4) is 5.75 Å². The van der Waals surface area contributed by atoms with Gasteiger partial charge >= 0.3 is 6.61 Å². The number of carbonyl (C=O) groups excluding carboxylic acids is 1. The number of alkyl halides is 2. The Labute approximate surface area is 137 Å². The Hall–Kier alpha value is -2.67. The number of anilines is 2. The van der Waals surface area contributed by atoms with E-state index in [0.29, 0.717) is 30.0 Å². The highest BCUT2D eigenvalue weighted by Crippen LogP contribution is 2.25. The molecule has 0 aromatic heterocycles. The molecule has 7 heteroatoms. The van der Waals surface area contributed by atoms with Gasteiger partial charge in [-0.3, -0.25) is 4.79 Å². The summed E-state index contributed by atoms with van der Waals surface area (Å²) in [5.41, 5.74) is 1.73. The van der Waals surface area contributed by atoms with Gasteiger partial charge in [0.25, 0.3) is 5.91 Å². The van der Waals surface area contributed by atoms with E-state index in [-0.39, 0.29) is 11.7 Å². The molecule has 0 radical (unpaired) electrons. The van der Waals surface area contributed by atoms with Crippen LogP contribution in [0.4, 0.5) is 20.2 Å². The number of halogens is 2. The molecule has 0 saturated carbocycles. The van der Waals surface area contributed by atoms with Crippen LogP contribution in [0.2, 0.25) is 0 Å². The summed E-state index contributed by atoms with van der Waals surface area (Å²) in [5, 5.41) is 12.4. The van der Waals surface area contributed by atoms with Crippen LogP contribution < -0.4 is 10.1 Å².